The lowest BCUT2D eigenvalue weighted by molar-refractivity contribution is 0.0903. The van der Waals surface area contributed by atoms with Gasteiger partial charge in [0.15, 0.2) is 11.6 Å². The molecule has 0 aliphatic rings. The molecule has 1 heterocycles. The van der Waals surface area contributed by atoms with Gasteiger partial charge >= 0.3 is 0 Å². The fourth-order valence-electron chi connectivity index (χ4n) is 3.72. The molecule has 0 fully saturated rings. The standard InChI is InChI=1S/C28H43FN2O2/c1-4-6-8-9-10-11-12-14-20-32-25-17-15-24(16-18-25)27-30-21-26(22-31-27)33-23-28(3,29)19-13-7-5-2/h15-18,21-22H,4-14,19-20,23H2,1-3H3/t28-/m0/s1. The quantitative estimate of drug-likeness (QED) is 0.211. The third-order valence-electron chi connectivity index (χ3n) is 5.85. The maximum Gasteiger partial charge on any atom is 0.159 e. The smallest absolute Gasteiger partial charge is 0.159 e. The number of hydrogen-bond donors (Lipinski definition) is 0. The molecular weight excluding hydrogens is 415 g/mol. The van der Waals surface area contributed by atoms with E-state index in [0.717, 1.165) is 43.6 Å². The van der Waals surface area contributed by atoms with Gasteiger partial charge in [-0.2, -0.15) is 0 Å². The zero-order valence-electron chi connectivity index (χ0n) is 21.0. The fourth-order valence-corrected chi connectivity index (χ4v) is 3.72. The maximum atomic E-state index is 14.5. The summed E-state index contributed by atoms with van der Waals surface area (Å²) in [6.07, 6.45) is 17.1. The predicted octanol–water partition coefficient (Wildman–Crippen LogP) is 8.35. The summed E-state index contributed by atoms with van der Waals surface area (Å²) in [5, 5.41) is 0. The summed E-state index contributed by atoms with van der Waals surface area (Å²) >= 11 is 0. The Kier molecular flexibility index (Phi) is 12.8. The molecule has 0 aliphatic heterocycles. The van der Waals surface area contributed by atoms with Gasteiger partial charge in [0, 0.05) is 5.56 Å². The number of benzene rings is 1. The van der Waals surface area contributed by atoms with E-state index in [1.165, 1.54) is 44.9 Å². The number of nitrogens with zero attached hydrogens (tertiary/aromatic N) is 2. The predicted molar refractivity (Wildman–Crippen MR) is 135 cm³/mol. The van der Waals surface area contributed by atoms with Crippen LogP contribution in [-0.4, -0.2) is 28.9 Å². The van der Waals surface area contributed by atoms with Crippen LogP contribution in [0.1, 0.15) is 97.8 Å². The van der Waals surface area contributed by atoms with Crippen LogP contribution in [0.3, 0.4) is 0 Å². The van der Waals surface area contributed by atoms with Crippen molar-refractivity contribution < 1.29 is 13.9 Å². The number of rotatable bonds is 18. The van der Waals surface area contributed by atoms with Crippen LogP contribution in [0, 0.1) is 0 Å². The molecule has 0 unspecified atom stereocenters. The number of ether oxygens (including phenoxy) is 2. The molecule has 0 N–H and O–H groups in total. The van der Waals surface area contributed by atoms with Crippen molar-refractivity contribution in [3.8, 4) is 22.9 Å². The number of hydrogen-bond acceptors (Lipinski definition) is 4. The van der Waals surface area contributed by atoms with E-state index < -0.39 is 5.67 Å². The van der Waals surface area contributed by atoms with Gasteiger partial charge in [-0.05, 0) is 44.0 Å². The third kappa shape index (κ3) is 11.5. The summed E-state index contributed by atoms with van der Waals surface area (Å²) in [5.41, 5.74) is -0.422. The molecule has 0 radical (unpaired) electrons. The van der Waals surface area contributed by atoms with E-state index in [4.69, 9.17) is 9.47 Å². The second-order valence-electron chi connectivity index (χ2n) is 9.25. The topological polar surface area (TPSA) is 44.2 Å². The van der Waals surface area contributed by atoms with Crippen molar-refractivity contribution >= 4 is 0 Å². The molecule has 0 saturated carbocycles. The summed E-state index contributed by atoms with van der Waals surface area (Å²) in [4.78, 5) is 8.76. The minimum absolute atomic E-state index is 0.0182. The van der Waals surface area contributed by atoms with Crippen LogP contribution in [0.15, 0.2) is 36.7 Å². The van der Waals surface area contributed by atoms with Crippen molar-refractivity contribution in [2.45, 2.75) is 103 Å². The van der Waals surface area contributed by atoms with Crippen molar-refractivity contribution in [2.75, 3.05) is 13.2 Å². The molecule has 0 aliphatic carbocycles. The van der Waals surface area contributed by atoms with E-state index in [-0.39, 0.29) is 6.61 Å². The molecule has 4 nitrogen and oxygen atoms in total. The van der Waals surface area contributed by atoms with Crippen LogP contribution in [0.25, 0.3) is 11.4 Å². The number of halogens is 1. The first-order valence-electron chi connectivity index (χ1n) is 12.9. The fraction of sp³-hybridized carbons (Fsp3) is 0.643. The van der Waals surface area contributed by atoms with Crippen LogP contribution in [0.2, 0.25) is 0 Å². The van der Waals surface area contributed by atoms with Crippen molar-refractivity contribution in [3.05, 3.63) is 36.7 Å². The molecule has 2 aromatic rings. The highest BCUT2D eigenvalue weighted by Gasteiger charge is 2.23. The zero-order valence-corrected chi connectivity index (χ0v) is 21.0. The van der Waals surface area contributed by atoms with Crippen LogP contribution in [0.4, 0.5) is 4.39 Å². The Labute approximate surface area is 200 Å². The third-order valence-corrected chi connectivity index (χ3v) is 5.85. The summed E-state index contributed by atoms with van der Waals surface area (Å²) in [5.74, 6) is 1.97. The lowest BCUT2D eigenvalue weighted by Crippen LogP contribution is -2.27. The second-order valence-corrected chi connectivity index (χ2v) is 9.25. The SMILES string of the molecule is CCCCCCCCCCOc1ccc(-c2ncc(OC[C@@](C)(F)CCCCC)cn2)cc1. The van der Waals surface area contributed by atoms with Gasteiger partial charge in [-0.3, -0.25) is 0 Å². The van der Waals surface area contributed by atoms with Gasteiger partial charge in [-0.1, -0.05) is 78.1 Å². The summed E-state index contributed by atoms with van der Waals surface area (Å²) in [6, 6.07) is 7.84. The molecule has 2 rings (SSSR count). The summed E-state index contributed by atoms with van der Waals surface area (Å²) in [6.45, 7) is 6.73. The highest BCUT2D eigenvalue weighted by molar-refractivity contribution is 5.56. The zero-order chi connectivity index (χ0) is 23.8. The Morgan fingerprint density at radius 1 is 0.727 bits per heavy atom. The first kappa shape index (κ1) is 27.1. The Bertz CT molecular complexity index is 747. The Hall–Kier alpha value is -2.17. The average Bonchev–Trinajstić information content (AvgIpc) is 2.83. The Morgan fingerprint density at radius 2 is 1.30 bits per heavy atom. The minimum atomic E-state index is -1.34. The normalized spacial score (nSPS) is 13.0. The molecule has 0 spiro atoms. The molecular formula is C28H43FN2O2. The van der Waals surface area contributed by atoms with Crippen LogP contribution in [-0.2, 0) is 0 Å². The molecule has 0 saturated heterocycles. The highest BCUT2D eigenvalue weighted by Crippen LogP contribution is 2.23. The van der Waals surface area contributed by atoms with E-state index in [0.29, 0.717) is 18.0 Å². The number of aromatic nitrogens is 2. The lowest BCUT2D eigenvalue weighted by Gasteiger charge is -2.20. The number of alkyl halides is 1. The van der Waals surface area contributed by atoms with Gasteiger partial charge in [0.2, 0.25) is 0 Å². The molecule has 5 heteroatoms. The monoisotopic (exact) mass is 458 g/mol. The summed E-state index contributed by atoms with van der Waals surface area (Å²) in [7, 11) is 0. The lowest BCUT2D eigenvalue weighted by atomic mass is 10.0. The highest BCUT2D eigenvalue weighted by atomic mass is 19.1. The van der Waals surface area contributed by atoms with Crippen LogP contribution >= 0.6 is 0 Å². The van der Waals surface area contributed by atoms with E-state index in [9.17, 15) is 4.39 Å². The van der Waals surface area contributed by atoms with Crippen LogP contribution in [0.5, 0.6) is 11.5 Å². The molecule has 1 aromatic heterocycles. The maximum absolute atomic E-state index is 14.5. The molecule has 1 atom stereocenters. The van der Waals surface area contributed by atoms with E-state index in [1.54, 1.807) is 19.3 Å². The van der Waals surface area contributed by atoms with Gasteiger partial charge in [0.05, 0.1) is 19.0 Å². The van der Waals surface area contributed by atoms with Crippen molar-refractivity contribution in [1.29, 1.82) is 0 Å². The number of unbranched alkanes of at least 4 members (excludes halogenated alkanes) is 9. The van der Waals surface area contributed by atoms with E-state index in [2.05, 4.69) is 23.8 Å². The van der Waals surface area contributed by atoms with Crippen molar-refractivity contribution in [2.24, 2.45) is 0 Å². The van der Waals surface area contributed by atoms with Crippen molar-refractivity contribution in [3.63, 3.8) is 0 Å². The largest absolute Gasteiger partial charge is 0.494 e. The molecule has 1 aromatic carbocycles. The first-order chi connectivity index (χ1) is 16.0. The molecule has 0 amide bonds. The van der Waals surface area contributed by atoms with Crippen molar-refractivity contribution in [1.82, 2.24) is 9.97 Å². The average molecular weight is 459 g/mol. The van der Waals surface area contributed by atoms with E-state index in [1.807, 2.05) is 24.3 Å². The second kappa shape index (κ2) is 15.6. The Morgan fingerprint density at radius 3 is 1.94 bits per heavy atom. The molecule has 0 bridgehead atoms. The molecule has 184 valence electrons. The van der Waals surface area contributed by atoms with E-state index >= 15 is 0 Å². The minimum Gasteiger partial charge on any atom is -0.494 e. The van der Waals surface area contributed by atoms with Gasteiger partial charge in [-0.15, -0.1) is 0 Å². The Balaban J connectivity index is 1.69. The van der Waals surface area contributed by atoms with Gasteiger partial charge in [0.1, 0.15) is 18.0 Å². The first-order valence-corrected chi connectivity index (χ1v) is 12.9. The summed E-state index contributed by atoms with van der Waals surface area (Å²) < 4.78 is 26.0. The molecule has 33 heavy (non-hydrogen) atoms. The van der Waals surface area contributed by atoms with Gasteiger partial charge in [0.25, 0.3) is 0 Å². The van der Waals surface area contributed by atoms with Gasteiger partial charge < -0.3 is 9.47 Å². The van der Waals surface area contributed by atoms with Gasteiger partial charge in [-0.25, -0.2) is 14.4 Å². The van der Waals surface area contributed by atoms with Crippen LogP contribution < -0.4 is 9.47 Å².